The molecule has 3 atom stereocenters. The van der Waals surface area contributed by atoms with Crippen LogP contribution in [0.2, 0.25) is 0 Å². The van der Waals surface area contributed by atoms with Crippen LogP contribution in [0.15, 0.2) is 26.5 Å². The Bertz CT molecular complexity index is 686. The summed E-state index contributed by atoms with van der Waals surface area (Å²) in [7, 11) is 2.07. The van der Waals surface area contributed by atoms with Crippen molar-refractivity contribution in [1.29, 1.82) is 0 Å². The van der Waals surface area contributed by atoms with E-state index in [1.165, 1.54) is 0 Å². The molecule has 0 saturated carbocycles. The lowest BCUT2D eigenvalue weighted by atomic mass is 9.83. The van der Waals surface area contributed by atoms with Crippen molar-refractivity contribution in [3.05, 3.63) is 21.5 Å². The molecule has 3 aliphatic rings. The third-order valence-electron chi connectivity index (χ3n) is 5.54. The summed E-state index contributed by atoms with van der Waals surface area (Å²) >= 11 is 3.50. The van der Waals surface area contributed by atoms with Crippen LogP contribution in [0.25, 0.3) is 0 Å². The zero-order chi connectivity index (χ0) is 19.3. The van der Waals surface area contributed by atoms with Crippen LogP contribution < -0.4 is 5.32 Å². The van der Waals surface area contributed by atoms with Gasteiger partial charge in [0, 0.05) is 12.5 Å². The number of halogens is 4. The minimum Gasteiger partial charge on any atom is -0.481 e. The SMILES string of the molecule is CC[C@H](C)C1=C(Br)C(OCC(F)(F)F)=C2N=C(C3CCN(C)C3)NC21C. The highest BCUT2D eigenvalue weighted by Gasteiger charge is 2.51. The quantitative estimate of drug-likeness (QED) is 0.702. The molecular weight excluding hydrogens is 411 g/mol. The molecule has 1 saturated heterocycles. The number of amidine groups is 1. The van der Waals surface area contributed by atoms with Gasteiger partial charge in [-0.15, -0.1) is 0 Å². The molecule has 0 amide bonds. The molecule has 1 fully saturated rings. The van der Waals surface area contributed by atoms with Crippen LogP contribution in [0.5, 0.6) is 0 Å². The van der Waals surface area contributed by atoms with Crippen LogP contribution in [0, 0.1) is 11.8 Å². The molecule has 0 radical (unpaired) electrons. The van der Waals surface area contributed by atoms with Crippen LogP contribution in [0.4, 0.5) is 13.2 Å². The van der Waals surface area contributed by atoms with Gasteiger partial charge in [0.1, 0.15) is 17.1 Å². The number of hydrogen-bond donors (Lipinski definition) is 1. The van der Waals surface area contributed by atoms with Crippen molar-refractivity contribution in [3.8, 4) is 0 Å². The minimum absolute atomic E-state index is 0.185. The summed E-state index contributed by atoms with van der Waals surface area (Å²) in [5.41, 5.74) is 0.955. The van der Waals surface area contributed by atoms with E-state index < -0.39 is 18.3 Å². The number of alkyl halides is 3. The van der Waals surface area contributed by atoms with Crippen LogP contribution >= 0.6 is 15.9 Å². The predicted octanol–water partition coefficient (Wildman–Crippen LogP) is 4.20. The van der Waals surface area contributed by atoms with Crippen LogP contribution in [0.1, 0.15) is 33.6 Å². The van der Waals surface area contributed by atoms with Crippen molar-refractivity contribution in [2.24, 2.45) is 16.8 Å². The minimum atomic E-state index is -4.39. The fraction of sp³-hybridized carbons (Fsp3) is 0.722. The molecule has 1 aliphatic carbocycles. The highest BCUT2D eigenvalue weighted by atomic mass is 79.9. The van der Waals surface area contributed by atoms with Gasteiger partial charge in [0.15, 0.2) is 12.4 Å². The Morgan fingerprint density at radius 2 is 2.15 bits per heavy atom. The van der Waals surface area contributed by atoms with E-state index in [4.69, 9.17) is 9.73 Å². The molecular formula is C18H25BrF3N3O. The van der Waals surface area contributed by atoms with E-state index in [2.05, 4.69) is 47.0 Å². The Hall–Kier alpha value is -1.02. The number of rotatable bonds is 5. The Labute approximate surface area is 160 Å². The average Bonchev–Trinajstić information content (AvgIpc) is 3.15. The van der Waals surface area contributed by atoms with Crippen molar-refractivity contribution >= 4 is 21.8 Å². The Kier molecular flexibility index (Phi) is 5.20. The number of aliphatic imine (C=N–C) groups is 1. The molecule has 0 bridgehead atoms. The lowest BCUT2D eigenvalue weighted by Gasteiger charge is -2.30. The molecule has 8 heteroatoms. The van der Waals surface area contributed by atoms with Gasteiger partial charge in [0.25, 0.3) is 0 Å². The van der Waals surface area contributed by atoms with E-state index in [-0.39, 0.29) is 17.6 Å². The first kappa shape index (κ1) is 19.7. The molecule has 2 heterocycles. The summed E-state index contributed by atoms with van der Waals surface area (Å²) < 4.78 is 44.0. The van der Waals surface area contributed by atoms with Gasteiger partial charge in [-0.1, -0.05) is 13.8 Å². The van der Waals surface area contributed by atoms with Crippen molar-refractivity contribution in [1.82, 2.24) is 10.2 Å². The van der Waals surface area contributed by atoms with Gasteiger partial charge < -0.3 is 15.0 Å². The summed E-state index contributed by atoms with van der Waals surface area (Å²) in [5, 5.41) is 3.53. The van der Waals surface area contributed by atoms with Gasteiger partial charge >= 0.3 is 6.18 Å². The van der Waals surface area contributed by atoms with Crippen molar-refractivity contribution in [2.45, 2.75) is 45.3 Å². The fourth-order valence-electron chi connectivity index (χ4n) is 4.04. The second-order valence-corrected chi connectivity index (χ2v) is 8.41. The Morgan fingerprint density at radius 3 is 2.69 bits per heavy atom. The Balaban J connectivity index is 1.97. The molecule has 2 aliphatic heterocycles. The molecule has 0 spiro atoms. The molecule has 146 valence electrons. The lowest BCUT2D eigenvalue weighted by Crippen LogP contribution is -2.46. The van der Waals surface area contributed by atoms with Crippen LogP contribution in [-0.4, -0.2) is 49.2 Å². The van der Waals surface area contributed by atoms with E-state index in [9.17, 15) is 13.2 Å². The summed E-state index contributed by atoms with van der Waals surface area (Å²) in [4.78, 5) is 6.97. The molecule has 4 nitrogen and oxygen atoms in total. The average molecular weight is 436 g/mol. The van der Waals surface area contributed by atoms with Gasteiger partial charge in [-0.25, -0.2) is 4.99 Å². The Morgan fingerprint density at radius 1 is 1.46 bits per heavy atom. The maximum atomic E-state index is 12.7. The normalized spacial score (nSPS) is 30.6. The van der Waals surface area contributed by atoms with E-state index in [0.717, 1.165) is 37.3 Å². The summed E-state index contributed by atoms with van der Waals surface area (Å²) in [5.74, 6) is 1.54. The first-order valence-corrected chi connectivity index (χ1v) is 9.76. The first-order chi connectivity index (χ1) is 12.1. The number of ether oxygens (including phenoxy) is 1. The maximum absolute atomic E-state index is 12.7. The largest absolute Gasteiger partial charge is 0.481 e. The standard InChI is InChI=1S/C18H25BrF3N3O/c1-5-10(2)12-13(19)14(26-9-18(20,21)22)15-17(12,3)24-16(23-15)11-6-7-25(4)8-11/h10-11H,5-9H2,1-4H3,(H,23,24)/t10-,11?,17?/m0/s1. The second kappa shape index (κ2) is 6.86. The number of hydrogen-bond acceptors (Lipinski definition) is 4. The predicted molar refractivity (Wildman–Crippen MR) is 99.0 cm³/mol. The van der Waals surface area contributed by atoms with E-state index >= 15 is 0 Å². The topological polar surface area (TPSA) is 36.9 Å². The van der Waals surface area contributed by atoms with Crippen molar-refractivity contribution < 1.29 is 17.9 Å². The number of fused-ring (bicyclic) bond motifs is 1. The van der Waals surface area contributed by atoms with E-state index in [1.807, 2.05) is 6.92 Å². The van der Waals surface area contributed by atoms with Gasteiger partial charge in [-0.05, 0) is 60.8 Å². The zero-order valence-electron chi connectivity index (χ0n) is 15.5. The number of likely N-dealkylation sites (tertiary alicyclic amines) is 1. The number of nitrogens with zero attached hydrogens (tertiary/aromatic N) is 2. The summed E-state index contributed by atoms with van der Waals surface area (Å²) in [6, 6.07) is 0. The number of allylic oxidation sites excluding steroid dienone is 1. The van der Waals surface area contributed by atoms with Gasteiger partial charge in [0.05, 0.1) is 4.48 Å². The molecule has 26 heavy (non-hydrogen) atoms. The van der Waals surface area contributed by atoms with Gasteiger partial charge in [0.2, 0.25) is 0 Å². The van der Waals surface area contributed by atoms with Gasteiger partial charge in [-0.2, -0.15) is 13.2 Å². The summed E-state index contributed by atoms with van der Waals surface area (Å²) in [6.07, 6.45) is -2.51. The fourth-order valence-corrected chi connectivity index (χ4v) is 5.13. The molecule has 0 aromatic carbocycles. The molecule has 3 rings (SSSR count). The second-order valence-electron chi connectivity index (χ2n) is 7.61. The van der Waals surface area contributed by atoms with Crippen LogP contribution in [0.3, 0.4) is 0 Å². The third kappa shape index (κ3) is 3.42. The maximum Gasteiger partial charge on any atom is 0.422 e. The highest BCUT2D eigenvalue weighted by Crippen LogP contribution is 2.50. The van der Waals surface area contributed by atoms with Gasteiger partial charge in [-0.3, -0.25) is 0 Å². The number of nitrogens with one attached hydrogen (secondary N) is 1. The monoisotopic (exact) mass is 435 g/mol. The molecule has 1 N–H and O–H groups in total. The lowest BCUT2D eigenvalue weighted by molar-refractivity contribution is -0.164. The first-order valence-electron chi connectivity index (χ1n) is 8.97. The third-order valence-corrected chi connectivity index (χ3v) is 6.32. The highest BCUT2D eigenvalue weighted by molar-refractivity contribution is 9.12. The molecule has 2 unspecified atom stereocenters. The van der Waals surface area contributed by atoms with Crippen molar-refractivity contribution in [2.75, 3.05) is 26.7 Å². The van der Waals surface area contributed by atoms with E-state index in [1.54, 1.807) is 0 Å². The smallest absolute Gasteiger partial charge is 0.422 e. The summed E-state index contributed by atoms with van der Waals surface area (Å²) in [6.45, 7) is 6.72. The molecule has 0 aromatic rings. The van der Waals surface area contributed by atoms with Crippen LogP contribution in [-0.2, 0) is 4.74 Å². The zero-order valence-corrected chi connectivity index (χ0v) is 17.1. The molecule has 0 aromatic heterocycles. The van der Waals surface area contributed by atoms with E-state index in [0.29, 0.717) is 10.2 Å². The van der Waals surface area contributed by atoms with Crippen molar-refractivity contribution in [3.63, 3.8) is 0 Å².